The quantitative estimate of drug-likeness (QED) is 0.853. The maximum Gasteiger partial charge on any atom is 0.573 e. The molecule has 1 amide bonds. The lowest BCUT2D eigenvalue weighted by Gasteiger charge is -2.16. The molecule has 0 aliphatic carbocycles. The molecule has 0 N–H and O–H groups in total. The minimum absolute atomic E-state index is 0.0596. The van der Waals surface area contributed by atoms with Crippen LogP contribution in [0.1, 0.15) is 27.0 Å². The predicted molar refractivity (Wildman–Crippen MR) is 77.9 cm³/mol. The summed E-state index contributed by atoms with van der Waals surface area (Å²) >= 11 is 0. The molecule has 0 saturated heterocycles. The zero-order valence-corrected chi connectivity index (χ0v) is 12.4. The van der Waals surface area contributed by atoms with E-state index in [1.165, 1.54) is 24.3 Å². The van der Waals surface area contributed by atoms with E-state index >= 15 is 0 Å². The van der Waals surface area contributed by atoms with E-state index in [-0.39, 0.29) is 11.7 Å². The van der Waals surface area contributed by atoms with Crippen LogP contribution in [0, 0.1) is 6.92 Å². The number of rotatable bonds is 3. The van der Waals surface area contributed by atoms with Crippen LogP contribution in [0.3, 0.4) is 0 Å². The molecule has 0 fully saturated rings. The second-order valence-electron chi connectivity index (χ2n) is 5.51. The molecule has 0 spiro atoms. The summed E-state index contributed by atoms with van der Waals surface area (Å²) in [6.45, 7) is 2.82. The number of hydrogen-bond acceptors (Lipinski definition) is 2. The second kappa shape index (κ2) is 5.61. The third kappa shape index (κ3) is 3.47. The van der Waals surface area contributed by atoms with Crippen molar-refractivity contribution in [2.45, 2.75) is 26.4 Å². The number of benzene rings is 2. The number of hydrogen-bond donors (Lipinski definition) is 0. The summed E-state index contributed by atoms with van der Waals surface area (Å²) in [6.07, 6.45) is -4.70. The van der Waals surface area contributed by atoms with E-state index in [0.717, 1.165) is 16.7 Å². The monoisotopic (exact) mass is 321 g/mol. The summed E-state index contributed by atoms with van der Waals surface area (Å²) in [6, 6.07) is 11.2. The average Bonchev–Trinajstić information content (AvgIpc) is 2.75. The molecule has 6 heteroatoms. The van der Waals surface area contributed by atoms with Crippen molar-refractivity contribution in [3.8, 4) is 5.75 Å². The Morgan fingerprint density at radius 3 is 2.48 bits per heavy atom. The molecule has 23 heavy (non-hydrogen) atoms. The van der Waals surface area contributed by atoms with Crippen LogP contribution >= 0.6 is 0 Å². The van der Waals surface area contributed by atoms with Gasteiger partial charge in [0.05, 0.1) is 0 Å². The topological polar surface area (TPSA) is 29.5 Å². The Bertz CT molecular complexity index is 738. The molecule has 0 saturated carbocycles. The lowest BCUT2D eigenvalue weighted by molar-refractivity contribution is -0.274. The van der Waals surface area contributed by atoms with Gasteiger partial charge >= 0.3 is 6.36 Å². The maximum absolute atomic E-state index is 12.3. The van der Waals surface area contributed by atoms with Gasteiger partial charge in [0.2, 0.25) is 0 Å². The zero-order chi connectivity index (χ0) is 16.6. The van der Waals surface area contributed by atoms with E-state index in [4.69, 9.17) is 0 Å². The highest BCUT2D eigenvalue weighted by Crippen LogP contribution is 2.27. The van der Waals surface area contributed by atoms with Crippen LogP contribution in [0.15, 0.2) is 42.5 Å². The molecule has 0 bridgehead atoms. The molecule has 1 aliphatic rings. The minimum Gasteiger partial charge on any atom is -0.406 e. The van der Waals surface area contributed by atoms with Crippen LogP contribution < -0.4 is 4.74 Å². The first kappa shape index (κ1) is 15.4. The molecule has 2 aromatic rings. The lowest BCUT2D eigenvalue weighted by atomic mass is 10.1. The van der Waals surface area contributed by atoms with Gasteiger partial charge in [-0.3, -0.25) is 4.79 Å². The highest BCUT2D eigenvalue weighted by atomic mass is 19.4. The SMILES string of the molecule is Cc1ccc2c(c1)CN(Cc1ccc(OC(F)(F)F)cc1)C2=O. The van der Waals surface area contributed by atoms with Gasteiger partial charge in [-0.1, -0.05) is 29.8 Å². The molecule has 0 radical (unpaired) electrons. The number of aryl methyl sites for hydroxylation is 1. The summed E-state index contributed by atoms with van der Waals surface area (Å²) in [5.41, 5.74) is 3.50. The first-order chi connectivity index (χ1) is 10.8. The van der Waals surface area contributed by atoms with E-state index in [2.05, 4.69) is 4.74 Å². The Morgan fingerprint density at radius 1 is 1.13 bits per heavy atom. The Labute approximate surface area is 131 Å². The Kier molecular flexibility index (Phi) is 3.75. The van der Waals surface area contributed by atoms with E-state index in [9.17, 15) is 18.0 Å². The lowest BCUT2D eigenvalue weighted by Crippen LogP contribution is -2.23. The number of amides is 1. The fourth-order valence-corrected chi connectivity index (χ4v) is 2.65. The molecule has 0 aromatic heterocycles. The van der Waals surface area contributed by atoms with Gasteiger partial charge in [0.1, 0.15) is 5.75 Å². The van der Waals surface area contributed by atoms with Crippen LogP contribution in [0.4, 0.5) is 13.2 Å². The van der Waals surface area contributed by atoms with Crippen LogP contribution in [0.2, 0.25) is 0 Å². The fraction of sp³-hybridized carbons (Fsp3) is 0.235. The van der Waals surface area contributed by atoms with Crippen molar-refractivity contribution in [3.05, 3.63) is 64.7 Å². The fourth-order valence-electron chi connectivity index (χ4n) is 2.65. The summed E-state index contributed by atoms with van der Waals surface area (Å²) in [7, 11) is 0. The van der Waals surface area contributed by atoms with E-state index in [1.807, 2.05) is 25.1 Å². The Morgan fingerprint density at radius 2 is 1.83 bits per heavy atom. The van der Waals surface area contributed by atoms with E-state index < -0.39 is 6.36 Å². The molecule has 1 heterocycles. The number of ether oxygens (including phenoxy) is 1. The standard InChI is InChI=1S/C17H14F3NO2/c1-11-2-7-15-13(8-11)10-21(16(15)22)9-12-3-5-14(6-4-12)23-17(18,19)20/h2-8H,9-10H2,1H3. The molecule has 0 unspecified atom stereocenters. The third-order valence-corrected chi connectivity index (χ3v) is 3.67. The summed E-state index contributed by atoms with van der Waals surface area (Å²) in [5, 5.41) is 0. The Balaban J connectivity index is 1.70. The molecule has 2 aromatic carbocycles. The molecule has 3 rings (SSSR count). The van der Waals surface area contributed by atoms with Gasteiger partial charge in [-0.25, -0.2) is 0 Å². The summed E-state index contributed by atoms with van der Waals surface area (Å²) < 4.78 is 40.2. The number of halogens is 3. The molecule has 3 nitrogen and oxygen atoms in total. The van der Waals surface area contributed by atoms with Crippen molar-refractivity contribution < 1.29 is 22.7 Å². The van der Waals surface area contributed by atoms with Crippen LogP contribution in [-0.4, -0.2) is 17.2 Å². The number of alkyl halides is 3. The number of nitrogens with zero attached hydrogens (tertiary/aromatic N) is 1. The van der Waals surface area contributed by atoms with E-state index in [0.29, 0.717) is 18.7 Å². The molecular formula is C17H14F3NO2. The highest BCUT2D eigenvalue weighted by molar-refractivity contribution is 5.98. The molecule has 120 valence electrons. The van der Waals surface area contributed by atoms with Gasteiger partial charge in [-0.2, -0.15) is 0 Å². The minimum atomic E-state index is -4.70. The first-order valence-electron chi connectivity index (χ1n) is 7.05. The second-order valence-corrected chi connectivity index (χ2v) is 5.51. The summed E-state index contributed by atoms with van der Waals surface area (Å²) in [5.74, 6) is -0.330. The van der Waals surface area contributed by atoms with Gasteiger partial charge in [0.25, 0.3) is 5.91 Å². The molecule has 1 aliphatic heterocycles. The van der Waals surface area contributed by atoms with Gasteiger partial charge in [0.15, 0.2) is 0 Å². The van der Waals surface area contributed by atoms with Crippen molar-refractivity contribution in [2.24, 2.45) is 0 Å². The molecule has 0 atom stereocenters. The zero-order valence-electron chi connectivity index (χ0n) is 12.4. The highest BCUT2D eigenvalue weighted by Gasteiger charge is 2.31. The van der Waals surface area contributed by atoms with Crippen molar-refractivity contribution in [2.75, 3.05) is 0 Å². The normalized spacial score (nSPS) is 14.1. The van der Waals surface area contributed by atoms with Gasteiger partial charge in [-0.15, -0.1) is 13.2 Å². The van der Waals surface area contributed by atoms with Crippen LogP contribution in [0.25, 0.3) is 0 Å². The Hall–Kier alpha value is -2.50. The van der Waals surface area contributed by atoms with Crippen molar-refractivity contribution >= 4 is 5.91 Å². The number of fused-ring (bicyclic) bond motifs is 1. The third-order valence-electron chi connectivity index (χ3n) is 3.67. The number of carbonyl (C=O) groups is 1. The largest absolute Gasteiger partial charge is 0.573 e. The number of carbonyl (C=O) groups excluding carboxylic acids is 1. The summed E-state index contributed by atoms with van der Waals surface area (Å²) in [4.78, 5) is 14.0. The predicted octanol–water partition coefficient (Wildman–Crippen LogP) is 4.05. The van der Waals surface area contributed by atoms with Gasteiger partial charge in [0, 0.05) is 18.7 Å². The van der Waals surface area contributed by atoms with Crippen molar-refractivity contribution in [3.63, 3.8) is 0 Å². The van der Waals surface area contributed by atoms with Crippen molar-refractivity contribution in [1.29, 1.82) is 0 Å². The van der Waals surface area contributed by atoms with Gasteiger partial charge < -0.3 is 9.64 Å². The van der Waals surface area contributed by atoms with Crippen LogP contribution in [-0.2, 0) is 13.1 Å². The average molecular weight is 321 g/mol. The van der Waals surface area contributed by atoms with Gasteiger partial charge in [-0.05, 0) is 36.2 Å². The maximum atomic E-state index is 12.3. The molecular weight excluding hydrogens is 307 g/mol. The van der Waals surface area contributed by atoms with Crippen LogP contribution in [0.5, 0.6) is 5.75 Å². The van der Waals surface area contributed by atoms with Crippen molar-refractivity contribution in [1.82, 2.24) is 4.90 Å². The first-order valence-corrected chi connectivity index (χ1v) is 7.05. The van der Waals surface area contributed by atoms with E-state index in [1.54, 1.807) is 4.90 Å². The smallest absolute Gasteiger partial charge is 0.406 e.